The number of carbonyl (C=O) groups is 2. The van der Waals surface area contributed by atoms with Crippen LogP contribution in [0.3, 0.4) is 0 Å². The molecule has 0 fully saturated rings. The van der Waals surface area contributed by atoms with Gasteiger partial charge >= 0.3 is 12.1 Å². The number of carboxylic acid groups (broad SMARTS) is 1. The van der Waals surface area contributed by atoms with Gasteiger partial charge in [-0.2, -0.15) is 5.10 Å². The number of hydrogen-bond donors (Lipinski definition) is 2. The van der Waals surface area contributed by atoms with Gasteiger partial charge in [-0.15, -0.1) is 0 Å². The number of amides is 1. The molecular formula is C29H30N4O5. The van der Waals surface area contributed by atoms with Crippen molar-refractivity contribution in [3.05, 3.63) is 89.4 Å². The number of hydrogen-bond acceptors (Lipinski definition) is 6. The standard InChI is InChI=1S/C29H30N4O5/c34-28(35)26(32-29(36)38-19-20-6-2-1-3-7-20)18-33-27-13-12-24(16-22(27)17-30-33)37-15-14-23-11-10-21-8-4-5-9-25(21)31-23/h1-3,6-7,10-13,16-17,26H,4-5,8-9,14-15,18-19H2,(H,32,36)(H,34,35). The number of nitrogens with one attached hydrogen (secondary N) is 1. The summed E-state index contributed by atoms with van der Waals surface area (Å²) in [4.78, 5) is 28.8. The van der Waals surface area contributed by atoms with Crippen molar-refractivity contribution in [1.29, 1.82) is 0 Å². The van der Waals surface area contributed by atoms with E-state index in [1.165, 1.54) is 24.1 Å². The van der Waals surface area contributed by atoms with Crippen LogP contribution in [0.25, 0.3) is 10.9 Å². The van der Waals surface area contributed by atoms with Gasteiger partial charge in [0.25, 0.3) is 0 Å². The summed E-state index contributed by atoms with van der Waals surface area (Å²) < 4.78 is 12.7. The first kappa shape index (κ1) is 25.3. The third-order valence-corrected chi connectivity index (χ3v) is 6.63. The molecule has 9 heteroatoms. The molecule has 1 atom stereocenters. The molecule has 9 nitrogen and oxygen atoms in total. The number of aliphatic carboxylic acids is 1. The molecule has 0 saturated carbocycles. The fraction of sp³-hybridized carbons (Fsp3) is 0.310. The lowest BCUT2D eigenvalue weighted by atomic mass is 9.96. The molecule has 0 bridgehead atoms. The summed E-state index contributed by atoms with van der Waals surface area (Å²) in [7, 11) is 0. The van der Waals surface area contributed by atoms with Gasteiger partial charge in [0.2, 0.25) is 0 Å². The fourth-order valence-electron chi connectivity index (χ4n) is 4.61. The number of pyridine rings is 1. The molecule has 0 saturated heterocycles. The number of aromatic nitrogens is 3. The van der Waals surface area contributed by atoms with Crippen LogP contribution in [0.4, 0.5) is 4.79 Å². The van der Waals surface area contributed by atoms with Crippen LogP contribution in [0.15, 0.2) is 66.9 Å². The van der Waals surface area contributed by atoms with E-state index in [4.69, 9.17) is 14.5 Å². The Balaban J connectivity index is 1.16. The molecule has 1 aliphatic carbocycles. The Labute approximate surface area is 220 Å². The van der Waals surface area contributed by atoms with E-state index in [2.05, 4.69) is 22.5 Å². The summed E-state index contributed by atoms with van der Waals surface area (Å²) in [6, 6.07) is 17.8. The van der Waals surface area contributed by atoms with Crippen molar-refractivity contribution < 1.29 is 24.2 Å². The predicted molar refractivity (Wildman–Crippen MR) is 141 cm³/mol. The minimum Gasteiger partial charge on any atom is -0.493 e. The lowest BCUT2D eigenvalue weighted by Gasteiger charge is -2.16. The molecule has 0 aliphatic heterocycles. The zero-order valence-corrected chi connectivity index (χ0v) is 21.0. The van der Waals surface area contributed by atoms with Crippen molar-refractivity contribution in [1.82, 2.24) is 20.1 Å². The zero-order valence-electron chi connectivity index (χ0n) is 21.0. The number of benzene rings is 2. The minimum atomic E-state index is -1.21. The predicted octanol–water partition coefficient (Wildman–Crippen LogP) is 4.31. The summed E-state index contributed by atoms with van der Waals surface area (Å²) in [5.41, 5.74) is 5.17. The van der Waals surface area contributed by atoms with E-state index in [0.717, 1.165) is 41.4 Å². The number of alkyl carbamates (subject to hydrolysis) is 1. The summed E-state index contributed by atoms with van der Waals surface area (Å²) in [5, 5.41) is 17.2. The number of fused-ring (bicyclic) bond motifs is 2. The number of aryl methyl sites for hydroxylation is 2. The maximum Gasteiger partial charge on any atom is 0.408 e. The van der Waals surface area contributed by atoms with Crippen molar-refractivity contribution in [3.63, 3.8) is 0 Å². The molecular weight excluding hydrogens is 484 g/mol. The first-order valence-electron chi connectivity index (χ1n) is 12.8. The second-order valence-corrected chi connectivity index (χ2v) is 9.36. The zero-order chi connectivity index (χ0) is 26.3. The van der Waals surface area contributed by atoms with Crippen molar-refractivity contribution in [3.8, 4) is 5.75 Å². The molecule has 2 N–H and O–H groups in total. The van der Waals surface area contributed by atoms with E-state index in [9.17, 15) is 14.7 Å². The van der Waals surface area contributed by atoms with Crippen LogP contribution >= 0.6 is 0 Å². The highest BCUT2D eigenvalue weighted by molar-refractivity contribution is 5.82. The Hall–Kier alpha value is -4.40. The summed E-state index contributed by atoms with van der Waals surface area (Å²) >= 11 is 0. The number of carbonyl (C=O) groups excluding carboxylic acids is 1. The van der Waals surface area contributed by atoms with E-state index in [0.29, 0.717) is 12.4 Å². The number of ether oxygens (including phenoxy) is 2. The van der Waals surface area contributed by atoms with Crippen LogP contribution in [0.1, 0.15) is 35.4 Å². The molecule has 2 aromatic carbocycles. The topological polar surface area (TPSA) is 116 Å². The molecule has 1 aliphatic rings. The highest BCUT2D eigenvalue weighted by atomic mass is 16.5. The maximum atomic E-state index is 12.2. The van der Waals surface area contributed by atoms with Crippen molar-refractivity contribution in [2.24, 2.45) is 0 Å². The molecule has 2 aromatic heterocycles. The van der Waals surface area contributed by atoms with E-state index in [-0.39, 0.29) is 13.2 Å². The molecule has 0 spiro atoms. The van der Waals surface area contributed by atoms with Gasteiger partial charge in [0, 0.05) is 23.2 Å². The summed E-state index contributed by atoms with van der Waals surface area (Å²) in [5.74, 6) is -0.478. The minimum absolute atomic E-state index is 0.0506. The Morgan fingerprint density at radius 2 is 1.89 bits per heavy atom. The number of carboxylic acids is 1. The first-order valence-corrected chi connectivity index (χ1v) is 12.8. The number of nitrogens with zero attached hydrogens (tertiary/aromatic N) is 3. The van der Waals surface area contributed by atoms with Gasteiger partial charge in [-0.3, -0.25) is 9.67 Å². The van der Waals surface area contributed by atoms with Gasteiger partial charge < -0.3 is 19.9 Å². The summed E-state index contributed by atoms with van der Waals surface area (Å²) in [6.07, 6.45) is 6.19. The fourth-order valence-corrected chi connectivity index (χ4v) is 4.61. The molecule has 5 rings (SSSR count). The van der Waals surface area contributed by atoms with E-state index < -0.39 is 18.1 Å². The Morgan fingerprint density at radius 3 is 2.74 bits per heavy atom. The largest absolute Gasteiger partial charge is 0.493 e. The van der Waals surface area contributed by atoms with E-state index in [1.54, 1.807) is 10.9 Å². The van der Waals surface area contributed by atoms with Gasteiger partial charge in [-0.05, 0) is 61.1 Å². The molecule has 4 aromatic rings. The third-order valence-electron chi connectivity index (χ3n) is 6.63. The normalized spacial score (nSPS) is 13.5. The average Bonchev–Trinajstić information content (AvgIpc) is 3.34. The van der Waals surface area contributed by atoms with E-state index in [1.807, 2.05) is 48.5 Å². The number of rotatable bonds is 10. The van der Waals surface area contributed by atoms with Gasteiger partial charge in [0.15, 0.2) is 0 Å². The van der Waals surface area contributed by atoms with Crippen molar-refractivity contribution >= 4 is 23.0 Å². The lowest BCUT2D eigenvalue weighted by Crippen LogP contribution is -2.44. The van der Waals surface area contributed by atoms with Crippen molar-refractivity contribution in [2.45, 2.75) is 51.3 Å². The molecule has 196 valence electrons. The van der Waals surface area contributed by atoms with Gasteiger partial charge in [-0.1, -0.05) is 36.4 Å². The smallest absolute Gasteiger partial charge is 0.408 e. The quantitative estimate of drug-likeness (QED) is 0.324. The molecule has 1 amide bonds. The first-order chi connectivity index (χ1) is 18.5. The second kappa shape index (κ2) is 11.8. The SMILES string of the molecule is O=C(NC(Cn1ncc2cc(OCCc3ccc4c(n3)CCCC4)ccc21)C(=O)O)OCc1ccccc1. The molecule has 2 heterocycles. The van der Waals surface area contributed by atoms with Crippen LogP contribution in [0.2, 0.25) is 0 Å². The van der Waals surface area contributed by atoms with Gasteiger partial charge in [-0.25, -0.2) is 9.59 Å². The van der Waals surface area contributed by atoms with Gasteiger partial charge in [0.05, 0.1) is 24.9 Å². The lowest BCUT2D eigenvalue weighted by molar-refractivity contribution is -0.139. The summed E-state index contributed by atoms with van der Waals surface area (Å²) in [6.45, 7) is 0.500. The van der Waals surface area contributed by atoms with Crippen molar-refractivity contribution in [2.75, 3.05) is 6.61 Å². The molecule has 1 unspecified atom stereocenters. The highest BCUT2D eigenvalue weighted by Crippen LogP contribution is 2.22. The Morgan fingerprint density at radius 1 is 1.05 bits per heavy atom. The monoisotopic (exact) mass is 514 g/mol. The van der Waals surface area contributed by atoms with E-state index >= 15 is 0 Å². The van der Waals surface area contributed by atoms with Crippen LogP contribution in [-0.4, -0.2) is 44.6 Å². The molecule has 0 radical (unpaired) electrons. The maximum absolute atomic E-state index is 12.2. The Kier molecular flexibility index (Phi) is 7.82. The van der Waals surface area contributed by atoms with Gasteiger partial charge in [0.1, 0.15) is 18.4 Å². The van der Waals surface area contributed by atoms with Crippen LogP contribution in [0.5, 0.6) is 5.75 Å². The van der Waals surface area contributed by atoms with Crippen LogP contribution < -0.4 is 10.1 Å². The highest BCUT2D eigenvalue weighted by Gasteiger charge is 2.23. The van der Waals surface area contributed by atoms with Crippen LogP contribution in [-0.2, 0) is 41.9 Å². The third kappa shape index (κ3) is 6.29. The average molecular weight is 515 g/mol. The molecule has 38 heavy (non-hydrogen) atoms. The second-order valence-electron chi connectivity index (χ2n) is 9.36. The van der Waals surface area contributed by atoms with Crippen LogP contribution in [0, 0.1) is 0 Å². The Bertz CT molecular complexity index is 1420.